The fourth-order valence-corrected chi connectivity index (χ4v) is 5.14. The van der Waals surface area contributed by atoms with Gasteiger partial charge in [-0.3, -0.25) is 9.69 Å². The van der Waals surface area contributed by atoms with Gasteiger partial charge in [0.1, 0.15) is 12.0 Å². The average molecular weight is 287 g/mol. The summed E-state index contributed by atoms with van der Waals surface area (Å²) >= 11 is 0. The van der Waals surface area contributed by atoms with E-state index in [9.17, 15) is 9.90 Å². The third kappa shape index (κ3) is 1.23. The lowest BCUT2D eigenvalue weighted by atomic mass is 9.80. The molecule has 0 spiro atoms. The van der Waals surface area contributed by atoms with Crippen LogP contribution in [0, 0.1) is 23.7 Å². The van der Waals surface area contributed by atoms with Gasteiger partial charge >= 0.3 is 0 Å². The van der Waals surface area contributed by atoms with Crippen LogP contribution in [0.1, 0.15) is 6.42 Å². The quantitative estimate of drug-likeness (QED) is 0.882. The normalized spacial score (nSPS) is 45.7. The van der Waals surface area contributed by atoms with Crippen molar-refractivity contribution in [3.63, 3.8) is 0 Å². The Bertz CT molecular complexity index is 632. The topological polar surface area (TPSA) is 59.0 Å². The van der Waals surface area contributed by atoms with E-state index in [0.717, 1.165) is 12.1 Å². The van der Waals surface area contributed by atoms with Crippen LogP contribution in [-0.2, 0) is 9.53 Å². The maximum Gasteiger partial charge on any atom is 0.233 e. The minimum atomic E-state index is -0.468. The molecule has 1 amide bonds. The van der Waals surface area contributed by atoms with E-state index in [-0.39, 0.29) is 36.0 Å². The molecule has 2 heterocycles. The standard InChI is InChI=1S/C16H17NO4/c1-20-10-5-3-2-4-9(10)17-15(19)11-7-6-8-12(11)16(17)21-14(8)13(7)18/h2-5,7-8,11-14,16,18H,6H2,1H3. The van der Waals surface area contributed by atoms with Gasteiger partial charge in [0, 0.05) is 5.92 Å². The minimum absolute atomic E-state index is 0.0715. The molecule has 110 valence electrons. The van der Waals surface area contributed by atoms with Gasteiger partial charge in [-0.2, -0.15) is 0 Å². The molecule has 7 atom stereocenters. The van der Waals surface area contributed by atoms with Crippen molar-refractivity contribution < 1.29 is 19.4 Å². The van der Waals surface area contributed by atoms with Gasteiger partial charge in [0.05, 0.1) is 30.9 Å². The summed E-state index contributed by atoms with van der Waals surface area (Å²) in [5.74, 6) is 1.33. The smallest absolute Gasteiger partial charge is 0.233 e. The molecule has 0 aromatic heterocycles. The van der Waals surface area contributed by atoms with Gasteiger partial charge in [-0.15, -0.1) is 0 Å². The molecule has 2 saturated heterocycles. The van der Waals surface area contributed by atoms with E-state index in [0.29, 0.717) is 11.7 Å². The number of carbonyl (C=O) groups is 1. The van der Waals surface area contributed by atoms with Gasteiger partial charge in [0.25, 0.3) is 0 Å². The highest BCUT2D eigenvalue weighted by Gasteiger charge is 2.72. The number of aliphatic hydroxyl groups excluding tert-OH is 1. The molecule has 2 aliphatic heterocycles. The zero-order valence-corrected chi connectivity index (χ0v) is 11.7. The molecule has 1 aromatic carbocycles. The highest BCUT2D eigenvalue weighted by Crippen LogP contribution is 2.64. The minimum Gasteiger partial charge on any atom is -0.495 e. The van der Waals surface area contributed by atoms with Gasteiger partial charge in [0.2, 0.25) is 5.91 Å². The molecule has 7 unspecified atom stereocenters. The maximum absolute atomic E-state index is 12.9. The van der Waals surface area contributed by atoms with Crippen molar-refractivity contribution >= 4 is 11.6 Å². The van der Waals surface area contributed by atoms with Gasteiger partial charge in [0.15, 0.2) is 0 Å². The lowest BCUT2D eigenvalue weighted by molar-refractivity contribution is -0.128. The predicted molar refractivity (Wildman–Crippen MR) is 73.7 cm³/mol. The Morgan fingerprint density at radius 2 is 2.14 bits per heavy atom. The molecule has 1 aromatic rings. The second-order valence-corrected chi connectivity index (χ2v) is 6.53. The number of ether oxygens (including phenoxy) is 2. The molecule has 1 N–H and O–H groups in total. The Labute approximate surface area is 122 Å². The van der Waals surface area contributed by atoms with E-state index in [1.54, 1.807) is 12.0 Å². The number of hydrogen-bond acceptors (Lipinski definition) is 4. The van der Waals surface area contributed by atoms with Crippen LogP contribution in [-0.4, -0.2) is 36.6 Å². The van der Waals surface area contributed by atoms with Crippen molar-refractivity contribution in [3.8, 4) is 5.75 Å². The molecule has 5 heteroatoms. The second-order valence-electron chi connectivity index (χ2n) is 6.53. The third-order valence-electron chi connectivity index (χ3n) is 5.86. The zero-order valence-electron chi connectivity index (χ0n) is 11.7. The first-order valence-corrected chi connectivity index (χ1v) is 7.52. The highest BCUT2D eigenvalue weighted by atomic mass is 16.5. The highest BCUT2D eigenvalue weighted by molar-refractivity contribution is 6.00. The number of fused-ring (bicyclic) bond motifs is 2. The first-order valence-electron chi connectivity index (χ1n) is 7.52. The molecule has 4 aliphatic rings. The van der Waals surface area contributed by atoms with Crippen molar-refractivity contribution in [2.45, 2.75) is 24.9 Å². The predicted octanol–water partition coefficient (Wildman–Crippen LogP) is 1.01. The summed E-state index contributed by atoms with van der Waals surface area (Å²) in [6.45, 7) is 0. The first-order chi connectivity index (χ1) is 10.2. The largest absolute Gasteiger partial charge is 0.495 e. The van der Waals surface area contributed by atoms with Gasteiger partial charge in [-0.05, 0) is 30.4 Å². The summed E-state index contributed by atoms with van der Waals surface area (Å²) in [7, 11) is 1.61. The summed E-state index contributed by atoms with van der Waals surface area (Å²) in [6.07, 6.45) is 0.135. The number of benzene rings is 1. The van der Waals surface area contributed by atoms with Crippen LogP contribution in [0.25, 0.3) is 0 Å². The molecular formula is C16H17NO4. The van der Waals surface area contributed by atoms with Crippen molar-refractivity contribution in [1.82, 2.24) is 0 Å². The van der Waals surface area contributed by atoms with E-state index in [4.69, 9.17) is 9.47 Å². The number of para-hydroxylation sites is 2. The number of rotatable bonds is 2. The van der Waals surface area contributed by atoms with Gasteiger partial charge in [-0.1, -0.05) is 12.1 Å². The number of hydrogen-bond donors (Lipinski definition) is 1. The number of carbonyl (C=O) groups excluding carboxylic acids is 1. The Hall–Kier alpha value is -1.59. The van der Waals surface area contributed by atoms with E-state index in [1.165, 1.54) is 0 Å². The Morgan fingerprint density at radius 1 is 1.33 bits per heavy atom. The molecule has 2 aliphatic carbocycles. The second kappa shape index (κ2) is 3.78. The molecular weight excluding hydrogens is 270 g/mol. The Kier molecular flexibility index (Phi) is 2.16. The van der Waals surface area contributed by atoms with E-state index >= 15 is 0 Å². The zero-order chi connectivity index (χ0) is 14.3. The summed E-state index contributed by atoms with van der Waals surface area (Å²) in [5, 5.41) is 10.3. The first kappa shape index (κ1) is 12.0. The molecule has 2 saturated carbocycles. The van der Waals surface area contributed by atoms with Gasteiger partial charge < -0.3 is 14.6 Å². The Balaban J connectivity index is 1.61. The van der Waals surface area contributed by atoms with Crippen LogP contribution in [0.3, 0.4) is 0 Å². The van der Waals surface area contributed by atoms with Crippen LogP contribution in [0.2, 0.25) is 0 Å². The van der Waals surface area contributed by atoms with Crippen molar-refractivity contribution in [2.75, 3.05) is 12.0 Å². The SMILES string of the molecule is COc1ccccc1N1C(=O)C2C3CC4C(OC1C42)C3O. The summed E-state index contributed by atoms with van der Waals surface area (Å²) in [5.41, 5.74) is 0.777. The lowest BCUT2D eigenvalue weighted by Crippen LogP contribution is -2.44. The van der Waals surface area contributed by atoms with Crippen LogP contribution in [0.4, 0.5) is 5.69 Å². The van der Waals surface area contributed by atoms with Gasteiger partial charge in [-0.25, -0.2) is 0 Å². The monoisotopic (exact) mass is 287 g/mol. The van der Waals surface area contributed by atoms with Crippen molar-refractivity contribution in [2.24, 2.45) is 23.7 Å². The fraction of sp³-hybridized carbons (Fsp3) is 0.562. The number of aliphatic hydroxyl groups is 1. The molecule has 21 heavy (non-hydrogen) atoms. The molecule has 5 nitrogen and oxygen atoms in total. The number of anilines is 1. The van der Waals surface area contributed by atoms with E-state index in [1.807, 2.05) is 24.3 Å². The van der Waals surface area contributed by atoms with Crippen LogP contribution < -0.4 is 9.64 Å². The van der Waals surface area contributed by atoms with E-state index in [2.05, 4.69) is 0 Å². The number of amides is 1. The fourth-order valence-electron chi connectivity index (χ4n) is 5.14. The van der Waals surface area contributed by atoms with Crippen LogP contribution >= 0.6 is 0 Å². The molecule has 4 fully saturated rings. The third-order valence-corrected chi connectivity index (χ3v) is 5.86. The lowest BCUT2D eigenvalue weighted by Gasteiger charge is -2.30. The van der Waals surface area contributed by atoms with E-state index < -0.39 is 6.10 Å². The molecule has 0 radical (unpaired) electrons. The van der Waals surface area contributed by atoms with Crippen molar-refractivity contribution in [1.29, 1.82) is 0 Å². The summed E-state index contributed by atoms with van der Waals surface area (Å²) < 4.78 is 11.5. The van der Waals surface area contributed by atoms with Crippen LogP contribution in [0.5, 0.6) is 5.75 Å². The maximum atomic E-state index is 12.9. The molecule has 2 bridgehead atoms. The number of methoxy groups -OCH3 is 1. The summed E-state index contributed by atoms with van der Waals surface area (Å²) in [4.78, 5) is 14.7. The van der Waals surface area contributed by atoms with Crippen molar-refractivity contribution in [3.05, 3.63) is 24.3 Å². The Morgan fingerprint density at radius 3 is 2.95 bits per heavy atom. The number of nitrogens with zero attached hydrogens (tertiary/aromatic N) is 1. The van der Waals surface area contributed by atoms with Crippen LogP contribution in [0.15, 0.2) is 24.3 Å². The average Bonchev–Trinajstić information content (AvgIpc) is 3.17. The molecule has 5 rings (SSSR count). The summed E-state index contributed by atoms with van der Waals surface area (Å²) in [6, 6.07) is 7.56.